The van der Waals surface area contributed by atoms with Gasteiger partial charge in [-0.15, -0.1) is 0 Å². The van der Waals surface area contributed by atoms with Gasteiger partial charge in [-0.1, -0.05) is 18.2 Å². The first kappa shape index (κ1) is 14.1. The maximum absolute atomic E-state index is 11.9. The molecule has 4 nitrogen and oxygen atoms in total. The standard InChI is InChI=1S/C16H19N3O/c1-11-7-8-12(2)15(9-11)19-16(20)17-10-14-6-4-5-13(3)18-14/h4-9H,10H2,1-3H3,(H2,17,19,20). The van der Waals surface area contributed by atoms with Crippen LogP contribution in [0.1, 0.15) is 22.5 Å². The highest BCUT2D eigenvalue weighted by atomic mass is 16.2. The minimum atomic E-state index is -0.220. The van der Waals surface area contributed by atoms with Gasteiger partial charge in [-0.05, 0) is 50.1 Å². The Bertz CT molecular complexity index is 623. The quantitative estimate of drug-likeness (QED) is 0.898. The smallest absolute Gasteiger partial charge is 0.319 e. The molecule has 0 aliphatic rings. The largest absolute Gasteiger partial charge is 0.332 e. The number of carbonyl (C=O) groups is 1. The van der Waals surface area contributed by atoms with Gasteiger partial charge in [-0.3, -0.25) is 4.98 Å². The number of nitrogens with one attached hydrogen (secondary N) is 2. The highest BCUT2D eigenvalue weighted by Gasteiger charge is 2.05. The highest BCUT2D eigenvalue weighted by molar-refractivity contribution is 5.90. The van der Waals surface area contributed by atoms with Crippen LogP contribution >= 0.6 is 0 Å². The van der Waals surface area contributed by atoms with Gasteiger partial charge in [-0.25, -0.2) is 4.79 Å². The second-order valence-electron chi connectivity index (χ2n) is 4.90. The van der Waals surface area contributed by atoms with Gasteiger partial charge in [0.15, 0.2) is 0 Å². The Balaban J connectivity index is 1.94. The Morgan fingerprint density at radius 2 is 1.95 bits per heavy atom. The van der Waals surface area contributed by atoms with E-state index in [9.17, 15) is 4.79 Å². The van der Waals surface area contributed by atoms with Gasteiger partial charge in [0.25, 0.3) is 0 Å². The second-order valence-corrected chi connectivity index (χ2v) is 4.90. The predicted molar refractivity (Wildman–Crippen MR) is 80.7 cm³/mol. The first-order valence-electron chi connectivity index (χ1n) is 6.59. The van der Waals surface area contributed by atoms with Crippen molar-refractivity contribution in [2.24, 2.45) is 0 Å². The van der Waals surface area contributed by atoms with Crippen LogP contribution in [-0.2, 0) is 6.54 Å². The number of anilines is 1. The fourth-order valence-corrected chi connectivity index (χ4v) is 1.91. The predicted octanol–water partition coefficient (Wildman–Crippen LogP) is 3.33. The first-order valence-corrected chi connectivity index (χ1v) is 6.59. The normalized spacial score (nSPS) is 10.2. The summed E-state index contributed by atoms with van der Waals surface area (Å²) in [7, 11) is 0. The SMILES string of the molecule is Cc1ccc(C)c(NC(=O)NCc2cccc(C)n2)c1. The number of nitrogens with zero attached hydrogens (tertiary/aromatic N) is 1. The Morgan fingerprint density at radius 3 is 2.70 bits per heavy atom. The van der Waals surface area contributed by atoms with Crippen LogP contribution in [0.4, 0.5) is 10.5 Å². The number of pyridine rings is 1. The van der Waals surface area contributed by atoms with Crippen molar-refractivity contribution in [1.82, 2.24) is 10.3 Å². The van der Waals surface area contributed by atoms with Crippen molar-refractivity contribution in [3.8, 4) is 0 Å². The van der Waals surface area contributed by atoms with E-state index in [1.54, 1.807) is 0 Å². The molecule has 0 unspecified atom stereocenters. The molecule has 2 rings (SSSR count). The molecule has 1 aromatic heterocycles. The Kier molecular flexibility index (Phi) is 4.35. The zero-order valence-corrected chi connectivity index (χ0v) is 12.0. The van der Waals surface area contributed by atoms with Gasteiger partial charge in [0.2, 0.25) is 0 Å². The van der Waals surface area contributed by atoms with Gasteiger partial charge in [0.1, 0.15) is 0 Å². The zero-order chi connectivity index (χ0) is 14.5. The van der Waals surface area contributed by atoms with E-state index in [0.29, 0.717) is 6.54 Å². The summed E-state index contributed by atoms with van der Waals surface area (Å²) in [5.74, 6) is 0. The summed E-state index contributed by atoms with van der Waals surface area (Å²) < 4.78 is 0. The van der Waals surface area contributed by atoms with Crippen LogP contribution in [0, 0.1) is 20.8 Å². The Labute approximate surface area is 119 Å². The van der Waals surface area contributed by atoms with Gasteiger partial charge in [0.05, 0.1) is 12.2 Å². The lowest BCUT2D eigenvalue weighted by Gasteiger charge is -2.10. The molecule has 0 aliphatic carbocycles. The minimum absolute atomic E-state index is 0.220. The first-order chi connectivity index (χ1) is 9.54. The van der Waals surface area contributed by atoms with Crippen LogP contribution in [0.25, 0.3) is 0 Å². The number of aromatic nitrogens is 1. The molecule has 2 N–H and O–H groups in total. The van der Waals surface area contributed by atoms with Gasteiger partial charge >= 0.3 is 6.03 Å². The van der Waals surface area contributed by atoms with Crippen LogP contribution in [0.15, 0.2) is 36.4 Å². The third-order valence-electron chi connectivity index (χ3n) is 3.02. The van der Waals surface area contributed by atoms with Crippen LogP contribution in [-0.4, -0.2) is 11.0 Å². The molecular formula is C16H19N3O. The van der Waals surface area contributed by atoms with Crippen molar-refractivity contribution in [1.29, 1.82) is 0 Å². The van der Waals surface area contributed by atoms with E-state index in [0.717, 1.165) is 28.2 Å². The summed E-state index contributed by atoms with van der Waals surface area (Å²) in [6.45, 7) is 6.31. The van der Waals surface area contributed by atoms with E-state index in [1.807, 2.05) is 57.2 Å². The van der Waals surface area contributed by atoms with E-state index >= 15 is 0 Å². The van der Waals surface area contributed by atoms with Crippen LogP contribution in [0.2, 0.25) is 0 Å². The lowest BCUT2D eigenvalue weighted by molar-refractivity contribution is 0.251. The van der Waals surface area contributed by atoms with E-state index in [1.165, 1.54) is 0 Å². The molecule has 0 radical (unpaired) electrons. The number of amides is 2. The molecule has 1 aromatic carbocycles. The number of rotatable bonds is 3. The summed E-state index contributed by atoms with van der Waals surface area (Å²) in [6, 6.07) is 11.5. The summed E-state index contributed by atoms with van der Waals surface area (Å²) in [4.78, 5) is 16.2. The van der Waals surface area contributed by atoms with Gasteiger partial charge in [-0.2, -0.15) is 0 Å². The van der Waals surface area contributed by atoms with Crippen molar-refractivity contribution < 1.29 is 4.79 Å². The van der Waals surface area contributed by atoms with Crippen LogP contribution in [0.3, 0.4) is 0 Å². The molecule has 0 bridgehead atoms. The molecule has 0 aliphatic heterocycles. The molecule has 0 fully saturated rings. The molecule has 0 saturated carbocycles. The Morgan fingerprint density at radius 1 is 1.15 bits per heavy atom. The van der Waals surface area contributed by atoms with Crippen LogP contribution < -0.4 is 10.6 Å². The van der Waals surface area contributed by atoms with E-state index in [2.05, 4.69) is 15.6 Å². The van der Waals surface area contributed by atoms with Crippen molar-refractivity contribution in [2.45, 2.75) is 27.3 Å². The third-order valence-corrected chi connectivity index (χ3v) is 3.02. The average Bonchev–Trinajstić information content (AvgIpc) is 2.41. The fraction of sp³-hybridized carbons (Fsp3) is 0.250. The molecule has 2 aromatic rings. The lowest BCUT2D eigenvalue weighted by atomic mass is 10.1. The molecular weight excluding hydrogens is 250 g/mol. The van der Waals surface area contributed by atoms with Gasteiger partial charge in [0, 0.05) is 11.4 Å². The maximum atomic E-state index is 11.9. The number of hydrogen-bond donors (Lipinski definition) is 2. The van der Waals surface area contributed by atoms with Crippen LogP contribution in [0.5, 0.6) is 0 Å². The Hall–Kier alpha value is -2.36. The topological polar surface area (TPSA) is 54.0 Å². The molecule has 0 saturated heterocycles. The van der Waals surface area contributed by atoms with Crippen molar-refractivity contribution in [3.05, 3.63) is 58.9 Å². The summed E-state index contributed by atoms with van der Waals surface area (Å²) >= 11 is 0. The average molecular weight is 269 g/mol. The highest BCUT2D eigenvalue weighted by Crippen LogP contribution is 2.16. The maximum Gasteiger partial charge on any atom is 0.319 e. The summed E-state index contributed by atoms with van der Waals surface area (Å²) in [5.41, 5.74) is 4.78. The lowest BCUT2D eigenvalue weighted by Crippen LogP contribution is -2.28. The second kappa shape index (κ2) is 6.19. The monoisotopic (exact) mass is 269 g/mol. The van der Waals surface area contributed by atoms with Crippen molar-refractivity contribution in [2.75, 3.05) is 5.32 Å². The van der Waals surface area contributed by atoms with E-state index in [-0.39, 0.29) is 6.03 Å². The summed E-state index contributed by atoms with van der Waals surface area (Å²) in [6.07, 6.45) is 0. The molecule has 0 spiro atoms. The third kappa shape index (κ3) is 3.82. The number of benzene rings is 1. The zero-order valence-electron chi connectivity index (χ0n) is 12.0. The van der Waals surface area contributed by atoms with Gasteiger partial charge < -0.3 is 10.6 Å². The number of aryl methyl sites for hydroxylation is 3. The fourth-order valence-electron chi connectivity index (χ4n) is 1.91. The van der Waals surface area contributed by atoms with Crippen molar-refractivity contribution >= 4 is 11.7 Å². The minimum Gasteiger partial charge on any atom is -0.332 e. The molecule has 0 atom stereocenters. The molecule has 1 heterocycles. The number of hydrogen-bond acceptors (Lipinski definition) is 2. The molecule has 2 amide bonds. The number of urea groups is 1. The molecule has 20 heavy (non-hydrogen) atoms. The van der Waals surface area contributed by atoms with Crippen molar-refractivity contribution in [3.63, 3.8) is 0 Å². The number of carbonyl (C=O) groups excluding carboxylic acids is 1. The summed E-state index contributed by atoms with van der Waals surface area (Å²) in [5, 5.41) is 5.67. The molecule has 104 valence electrons. The molecule has 4 heteroatoms. The van der Waals surface area contributed by atoms with E-state index in [4.69, 9.17) is 0 Å². The van der Waals surface area contributed by atoms with E-state index < -0.39 is 0 Å².